The molecule has 1 saturated heterocycles. The Labute approximate surface area is 127 Å². The zero-order chi connectivity index (χ0) is 15.6. The summed E-state index contributed by atoms with van der Waals surface area (Å²) < 4.78 is 23.2. The minimum absolute atomic E-state index is 0.195. The number of sulfonamides is 1. The maximum absolute atomic E-state index is 11.6. The molecule has 0 amide bonds. The van der Waals surface area contributed by atoms with Crippen molar-refractivity contribution in [3.05, 3.63) is 23.8 Å². The van der Waals surface area contributed by atoms with Crippen LogP contribution in [0, 0.1) is 12.8 Å². The van der Waals surface area contributed by atoms with Gasteiger partial charge in [0.05, 0.1) is 4.90 Å². The van der Waals surface area contributed by atoms with Crippen LogP contribution in [0.1, 0.15) is 25.3 Å². The Bertz CT molecular complexity index is 601. The van der Waals surface area contributed by atoms with E-state index in [1.165, 1.54) is 12.8 Å². The molecule has 1 aromatic rings. The second kappa shape index (κ2) is 6.34. The Morgan fingerprint density at radius 1 is 1.43 bits per heavy atom. The normalized spacial score (nSPS) is 22.0. The lowest BCUT2D eigenvalue weighted by Gasteiger charge is -2.34. The highest BCUT2D eigenvalue weighted by Crippen LogP contribution is 2.24. The van der Waals surface area contributed by atoms with E-state index in [4.69, 9.17) is 5.14 Å². The van der Waals surface area contributed by atoms with Crippen LogP contribution in [0.25, 0.3) is 0 Å². The number of likely N-dealkylation sites (tertiary alicyclic amines) is 1. The highest BCUT2D eigenvalue weighted by atomic mass is 32.2. The Hall–Kier alpha value is -1.11. The monoisotopic (exact) mass is 311 g/mol. The van der Waals surface area contributed by atoms with Gasteiger partial charge in [0.1, 0.15) is 0 Å². The first-order valence-corrected chi connectivity index (χ1v) is 8.90. The average molecular weight is 311 g/mol. The quantitative estimate of drug-likeness (QED) is 0.889. The standard InChI is InChI=1S/C15H25N3O2S/c1-11-6-7-14(9-15(11)21(16,19)20)17-12(2)13-5-4-8-18(3)10-13/h6-7,9,12-13,17H,4-5,8,10H2,1-3H3,(H2,16,19,20). The molecule has 1 heterocycles. The molecule has 1 aliphatic heterocycles. The first kappa shape index (κ1) is 16.3. The third-order valence-corrected chi connectivity index (χ3v) is 5.31. The Kier molecular flexibility index (Phi) is 4.91. The lowest BCUT2D eigenvalue weighted by atomic mass is 9.91. The van der Waals surface area contributed by atoms with Gasteiger partial charge in [-0.15, -0.1) is 0 Å². The van der Waals surface area contributed by atoms with E-state index >= 15 is 0 Å². The summed E-state index contributed by atoms with van der Waals surface area (Å²) in [4.78, 5) is 2.54. The van der Waals surface area contributed by atoms with Crippen molar-refractivity contribution in [1.29, 1.82) is 0 Å². The summed E-state index contributed by atoms with van der Waals surface area (Å²) in [5.41, 5.74) is 1.48. The van der Waals surface area contributed by atoms with Crippen LogP contribution in [0.3, 0.4) is 0 Å². The molecule has 0 radical (unpaired) electrons. The van der Waals surface area contributed by atoms with Gasteiger partial charge in [-0.05, 0) is 63.9 Å². The molecule has 1 aromatic carbocycles. The molecule has 1 fully saturated rings. The molecule has 0 saturated carbocycles. The van der Waals surface area contributed by atoms with Crippen molar-refractivity contribution in [1.82, 2.24) is 4.90 Å². The zero-order valence-corrected chi connectivity index (χ0v) is 13.8. The molecule has 0 bridgehead atoms. The molecule has 3 N–H and O–H groups in total. The molecule has 5 nitrogen and oxygen atoms in total. The molecule has 118 valence electrons. The molecular weight excluding hydrogens is 286 g/mol. The van der Waals surface area contributed by atoms with E-state index < -0.39 is 10.0 Å². The van der Waals surface area contributed by atoms with Gasteiger partial charge in [-0.2, -0.15) is 0 Å². The van der Waals surface area contributed by atoms with Crippen molar-refractivity contribution in [3.63, 3.8) is 0 Å². The second-order valence-corrected chi connectivity index (χ2v) is 7.65. The molecule has 6 heteroatoms. The van der Waals surface area contributed by atoms with Gasteiger partial charge in [0.2, 0.25) is 10.0 Å². The summed E-state index contributed by atoms with van der Waals surface area (Å²) in [6, 6.07) is 5.63. The maximum Gasteiger partial charge on any atom is 0.238 e. The van der Waals surface area contributed by atoms with Gasteiger partial charge in [-0.25, -0.2) is 13.6 Å². The Morgan fingerprint density at radius 2 is 2.14 bits per heavy atom. The van der Waals surface area contributed by atoms with Gasteiger partial charge in [0, 0.05) is 18.3 Å². The molecule has 21 heavy (non-hydrogen) atoms. The van der Waals surface area contributed by atoms with Crippen LogP contribution >= 0.6 is 0 Å². The van der Waals surface area contributed by atoms with E-state index in [1.807, 2.05) is 6.07 Å². The van der Waals surface area contributed by atoms with Gasteiger partial charge in [0.25, 0.3) is 0 Å². The summed E-state index contributed by atoms with van der Waals surface area (Å²) >= 11 is 0. The van der Waals surface area contributed by atoms with E-state index in [9.17, 15) is 8.42 Å². The number of nitrogens with one attached hydrogen (secondary N) is 1. The molecule has 1 aliphatic rings. The van der Waals surface area contributed by atoms with Crippen LogP contribution in [0.15, 0.2) is 23.1 Å². The first-order chi connectivity index (χ1) is 9.77. The van der Waals surface area contributed by atoms with E-state index in [-0.39, 0.29) is 4.90 Å². The van der Waals surface area contributed by atoms with Gasteiger partial charge in [-0.1, -0.05) is 6.07 Å². The maximum atomic E-state index is 11.6. The van der Waals surface area contributed by atoms with Crippen molar-refractivity contribution in [2.45, 2.75) is 37.6 Å². The second-order valence-electron chi connectivity index (χ2n) is 6.12. The van der Waals surface area contributed by atoms with Gasteiger partial charge in [-0.3, -0.25) is 0 Å². The fourth-order valence-electron chi connectivity index (χ4n) is 2.99. The highest BCUT2D eigenvalue weighted by molar-refractivity contribution is 7.89. The van der Waals surface area contributed by atoms with Gasteiger partial charge in [0.15, 0.2) is 0 Å². The number of piperidine rings is 1. The molecule has 0 aromatic heterocycles. The lowest BCUT2D eigenvalue weighted by molar-refractivity contribution is 0.197. The van der Waals surface area contributed by atoms with Crippen molar-refractivity contribution >= 4 is 15.7 Å². The minimum Gasteiger partial charge on any atom is -0.382 e. The summed E-state index contributed by atoms with van der Waals surface area (Å²) in [6.07, 6.45) is 2.41. The summed E-state index contributed by atoms with van der Waals surface area (Å²) in [5.74, 6) is 0.572. The fourth-order valence-corrected chi connectivity index (χ4v) is 3.80. The smallest absolute Gasteiger partial charge is 0.238 e. The molecule has 0 aliphatic carbocycles. The third kappa shape index (κ3) is 4.18. The summed E-state index contributed by atoms with van der Waals surface area (Å²) in [5, 5.41) is 8.68. The van der Waals surface area contributed by atoms with E-state index in [0.29, 0.717) is 17.5 Å². The number of benzene rings is 1. The van der Waals surface area contributed by atoms with E-state index in [0.717, 1.165) is 18.8 Å². The number of anilines is 1. The van der Waals surface area contributed by atoms with Crippen LogP contribution in [0.4, 0.5) is 5.69 Å². The van der Waals surface area contributed by atoms with Crippen LogP contribution in [-0.4, -0.2) is 39.5 Å². The largest absolute Gasteiger partial charge is 0.382 e. The van der Waals surface area contributed by atoms with E-state index in [2.05, 4.69) is 24.2 Å². The van der Waals surface area contributed by atoms with Crippen molar-refractivity contribution in [2.24, 2.45) is 11.1 Å². The Balaban J connectivity index is 2.12. The number of hydrogen-bond acceptors (Lipinski definition) is 4. The van der Waals surface area contributed by atoms with E-state index in [1.54, 1.807) is 19.1 Å². The average Bonchev–Trinajstić information content (AvgIpc) is 2.39. The van der Waals surface area contributed by atoms with Gasteiger partial charge < -0.3 is 10.2 Å². The van der Waals surface area contributed by atoms with Crippen LogP contribution in [0.2, 0.25) is 0 Å². The van der Waals surface area contributed by atoms with Gasteiger partial charge >= 0.3 is 0 Å². The van der Waals surface area contributed by atoms with Crippen molar-refractivity contribution < 1.29 is 8.42 Å². The summed E-state index contributed by atoms with van der Waals surface area (Å²) in [7, 11) is -1.53. The fraction of sp³-hybridized carbons (Fsp3) is 0.600. The SMILES string of the molecule is Cc1ccc(NC(C)C2CCCN(C)C2)cc1S(N)(=O)=O. The summed E-state index contributed by atoms with van der Waals surface area (Å²) in [6.45, 7) is 6.13. The molecule has 0 spiro atoms. The van der Waals surface area contributed by atoms with Crippen molar-refractivity contribution in [2.75, 3.05) is 25.5 Å². The molecule has 2 atom stereocenters. The molecule has 2 unspecified atom stereocenters. The van der Waals surface area contributed by atoms with Crippen LogP contribution in [-0.2, 0) is 10.0 Å². The topological polar surface area (TPSA) is 75.4 Å². The number of aryl methyl sites for hydroxylation is 1. The van der Waals surface area contributed by atoms with Crippen molar-refractivity contribution in [3.8, 4) is 0 Å². The highest BCUT2D eigenvalue weighted by Gasteiger charge is 2.23. The Morgan fingerprint density at radius 3 is 2.76 bits per heavy atom. The molecule has 2 rings (SSSR count). The lowest BCUT2D eigenvalue weighted by Crippen LogP contribution is -2.39. The predicted octanol–water partition coefficient (Wildman–Crippen LogP) is 1.78. The number of primary sulfonamides is 1. The first-order valence-electron chi connectivity index (χ1n) is 7.36. The third-order valence-electron chi connectivity index (χ3n) is 4.26. The number of hydrogen-bond donors (Lipinski definition) is 2. The van der Waals surface area contributed by atoms with Crippen LogP contribution in [0.5, 0.6) is 0 Å². The minimum atomic E-state index is -3.67. The van der Waals surface area contributed by atoms with Crippen LogP contribution < -0.4 is 10.5 Å². The zero-order valence-electron chi connectivity index (χ0n) is 13.0. The molecular formula is C15H25N3O2S. The number of rotatable bonds is 4. The number of nitrogens with zero attached hydrogens (tertiary/aromatic N) is 1. The number of nitrogens with two attached hydrogens (primary N) is 1. The predicted molar refractivity (Wildman–Crippen MR) is 85.9 cm³/mol.